The summed E-state index contributed by atoms with van der Waals surface area (Å²) in [6.45, 7) is 8.39. The largest absolute Gasteiger partial charge is 0.494 e. The van der Waals surface area contributed by atoms with Gasteiger partial charge < -0.3 is 14.4 Å². The Labute approximate surface area is 222 Å². The van der Waals surface area contributed by atoms with E-state index in [9.17, 15) is 4.79 Å². The lowest BCUT2D eigenvalue weighted by atomic mass is 10.1. The highest BCUT2D eigenvalue weighted by atomic mass is 32.2. The van der Waals surface area contributed by atoms with Crippen LogP contribution in [-0.2, 0) is 9.53 Å². The molecule has 0 unspecified atom stereocenters. The van der Waals surface area contributed by atoms with Gasteiger partial charge in [0.05, 0.1) is 35.1 Å². The van der Waals surface area contributed by atoms with E-state index >= 15 is 0 Å². The van der Waals surface area contributed by atoms with Crippen LogP contribution >= 0.6 is 11.8 Å². The molecular formula is C29H32N4O3S. The molecule has 192 valence electrons. The van der Waals surface area contributed by atoms with Crippen LogP contribution in [0.4, 0.5) is 0 Å². The third-order valence-corrected chi connectivity index (χ3v) is 7.29. The highest BCUT2D eigenvalue weighted by molar-refractivity contribution is 8.18. The third kappa shape index (κ3) is 5.97. The van der Waals surface area contributed by atoms with E-state index in [1.165, 1.54) is 11.8 Å². The van der Waals surface area contributed by atoms with Crippen LogP contribution in [0.15, 0.2) is 70.7 Å². The van der Waals surface area contributed by atoms with Gasteiger partial charge in [0.25, 0.3) is 5.91 Å². The summed E-state index contributed by atoms with van der Waals surface area (Å²) in [5.41, 5.74) is 3.56. The van der Waals surface area contributed by atoms with Crippen LogP contribution in [-0.4, -0.2) is 57.7 Å². The van der Waals surface area contributed by atoms with Gasteiger partial charge >= 0.3 is 0 Å². The first-order chi connectivity index (χ1) is 18.0. The number of amides is 1. The molecule has 2 aliphatic heterocycles. The van der Waals surface area contributed by atoms with Gasteiger partial charge in [0.15, 0.2) is 5.17 Å². The molecule has 2 atom stereocenters. The summed E-state index contributed by atoms with van der Waals surface area (Å²) in [4.78, 5) is 20.0. The van der Waals surface area contributed by atoms with E-state index in [1.807, 2.05) is 85.4 Å². The molecule has 0 spiro atoms. The molecule has 7 nitrogen and oxygen atoms in total. The first-order valence-electron chi connectivity index (χ1n) is 12.8. The molecule has 1 fully saturated rings. The minimum atomic E-state index is -0.218. The maximum absolute atomic E-state index is 12.9. The van der Waals surface area contributed by atoms with E-state index in [-0.39, 0.29) is 18.1 Å². The number of amidine groups is 1. The number of hydrogen-bond donors (Lipinski definition) is 0. The van der Waals surface area contributed by atoms with Crippen LogP contribution in [0, 0.1) is 0 Å². The molecule has 37 heavy (non-hydrogen) atoms. The number of rotatable bonds is 7. The molecule has 0 saturated carbocycles. The van der Waals surface area contributed by atoms with Crippen LogP contribution in [0.2, 0.25) is 0 Å². The second-order valence-electron chi connectivity index (χ2n) is 9.41. The number of ether oxygens (including phenoxy) is 2. The van der Waals surface area contributed by atoms with Gasteiger partial charge in [-0.1, -0.05) is 31.5 Å². The van der Waals surface area contributed by atoms with E-state index in [4.69, 9.17) is 14.6 Å². The number of aliphatic imine (C=N–C) groups is 1. The average molecular weight is 517 g/mol. The molecule has 1 amide bonds. The van der Waals surface area contributed by atoms with E-state index in [0.717, 1.165) is 59.4 Å². The fourth-order valence-corrected chi connectivity index (χ4v) is 5.40. The monoisotopic (exact) mass is 516 g/mol. The number of morpholine rings is 1. The lowest BCUT2D eigenvalue weighted by Crippen LogP contribution is -2.47. The van der Waals surface area contributed by atoms with Crippen molar-refractivity contribution in [1.29, 1.82) is 0 Å². The Balaban J connectivity index is 1.44. The quantitative estimate of drug-likeness (QED) is 0.292. The van der Waals surface area contributed by atoms with E-state index in [0.29, 0.717) is 11.5 Å². The average Bonchev–Trinajstić information content (AvgIpc) is 3.48. The molecule has 0 N–H and O–H groups in total. The zero-order valence-electron chi connectivity index (χ0n) is 21.5. The molecule has 0 aliphatic carbocycles. The van der Waals surface area contributed by atoms with Gasteiger partial charge in [-0.3, -0.25) is 4.79 Å². The number of aromatic nitrogens is 2. The molecule has 0 radical (unpaired) electrons. The van der Waals surface area contributed by atoms with Gasteiger partial charge in [0.1, 0.15) is 5.75 Å². The number of thioether (sulfide) groups is 1. The predicted octanol–water partition coefficient (Wildman–Crippen LogP) is 5.80. The first kappa shape index (κ1) is 25.3. The van der Waals surface area contributed by atoms with Crippen molar-refractivity contribution in [3.8, 4) is 22.7 Å². The smallest absolute Gasteiger partial charge is 0.286 e. The molecule has 2 aromatic carbocycles. The van der Waals surface area contributed by atoms with Crippen molar-refractivity contribution in [3.05, 3.63) is 71.3 Å². The molecule has 1 aromatic heterocycles. The van der Waals surface area contributed by atoms with Crippen molar-refractivity contribution in [1.82, 2.24) is 14.7 Å². The third-order valence-electron chi connectivity index (χ3n) is 6.24. The van der Waals surface area contributed by atoms with Crippen molar-refractivity contribution >= 4 is 28.9 Å². The summed E-state index contributed by atoms with van der Waals surface area (Å²) in [5.74, 6) is 0.623. The van der Waals surface area contributed by atoms with Crippen molar-refractivity contribution < 1.29 is 14.3 Å². The van der Waals surface area contributed by atoms with Crippen LogP contribution in [0.3, 0.4) is 0 Å². The van der Waals surface area contributed by atoms with Crippen LogP contribution < -0.4 is 4.74 Å². The fourth-order valence-electron chi connectivity index (χ4n) is 4.48. The first-order valence-corrected chi connectivity index (χ1v) is 13.6. The Morgan fingerprint density at radius 1 is 1.08 bits per heavy atom. The Bertz CT molecular complexity index is 1290. The molecule has 1 saturated heterocycles. The zero-order valence-corrected chi connectivity index (χ0v) is 22.3. The second kappa shape index (κ2) is 11.4. The minimum Gasteiger partial charge on any atom is -0.494 e. The van der Waals surface area contributed by atoms with Crippen LogP contribution in [0.25, 0.3) is 23.0 Å². The van der Waals surface area contributed by atoms with Gasteiger partial charge in [-0.25, -0.2) is 4.68 Å². The maximum atomic E-state index is 12.9. The van der Waals surface area contributed by atoms with Gasteiger partial charge in [-0.15, -0.1) is 0 Å². The van der Waals surface area contributed by atoms with Gasteiger partial charge in [-0.05, 0) is 74.5 Å². The number of carbonyl (C=O) groups excluding carboxylic acids is 1. The Morgan fingerprint density at radius 2 is 1.81 bits per heavy atom. The molecule has 2 aliphatic rings. The highest BCUT2D eigenvalue weighted by Crippen LogP contribution is 2.34. The van der Waals surface area contributed by atoms with E-state index < -0.39 is 0 Å². The van der Waals surface area contributed by atoms with Gasteiger partial charge in [-0.2, -0.15) is 10.1 Å². The van der Waals surface area contributed by atoms with Crippen LogP contribution in [0.5, 0.6) is 5.75 Å². The van der Waals surface area contributed by atoms with Crippen molar-refractivity contribution in [3.63, 3.8) is 0 Å². The lowest BCUT2D eigenvalue weighted by molar-refractivity contribution is -0.113. The summed E-state index contributed by atoms with van der Waals surface area (Å²) >= 11 is 1.42. The summed E-state index contributed by atoms with van der Waals surface area (Å²) in [7, 11) is 0. The minimum absolute atomic E-state index is 0.0970. The molecular weight excluding hydrogens is 484 g/mol. The van der Waals surface area contributed by atoms with Crippen molar-refractivity contribution in [2.75, 3.05) is 19.7 Å². The van der Waals surface area contributed by atoms with Gasteiger partial charge in [0.2, 0.25) is 0 Å². The Hall–Kier alpha value is -3.36. The Kier molecular flexibility index (Phi) is 7.76. The number of unbranched alkanes of at least 4 members (excludes halogenated alkanes) is 1. The maximum Gasteiger partial charge on any atom is 0.286 e. The topological polar surface area (TPSA) is 68.9 Å². The number of benzene rings is 2. The summed E-state index contributed by atoms with van der Waals surface area (Å²) in [6, 6.07) is 17.9. The molecule has 3 aromatic rings. The SMILES string of the molecule is CCCCOc1ccc(-c2nn(-c3ccccc3)cc2/C=C2\SC(N3C[C@@H](C)O[C@@H](C)C3)=NC2=O)cc1. The summed E-state index contributed by atoms with van der Waals surface area (Å²) in [6.07, 6.45) is 6.19. The van der Waals surface area contributed by atoms with Crippen molar-refractivity contribution in [2.24, 2.45) is 4.99 Å². The number of hydrogen-bond acceptors (Lipinski definition) is 6. The molecule has 0 bridgehead atoms. The number of para-hydroxylation sites is 1. The predicted molar refractivity (Wildman–Crippen MR) is 149 cm³/mol. The normalized spacial score (nSPS) is 20.9. The number of nitrogens with zero attached hydrogens (tertiary/aromatic N) is 4. The highest BCUT2D eigenvalue weighted by Gasteiger charge is 2.31. The summed E-state index contributed by atoms with van der Waals surface area (Å²) in [5, 5.41) is 5.64. The molecule has 5 rings (SSSR count). The Morgan fingerprint density at radius 3 is 2.51 bits per heavy atom. The van der Waals surface area contributed by atoms with Crippen LogP contribution in [0.1, 0.15) is 39.2 Å². The standard InChI is InChI=1S/C29H32N4O3S/c1-4-5-15-35-25-13-11-22(12-14-25)27-23(19-33(31-27)24-9-7-6-8-10-24)16-26-28(34)30-29(37-26)32-17-20(2)36-21(3)18-32/h6-14,16,19-21H,4-5,15,17-18H2,1-3H3/b26-16-/t20-,21+. The van der Waals surface area contributed by atoms with E-state index in [1.54, 1.807) is 0 Å². The molecule has 8 heteroatoms. The number of carbonyl (C=O) groups is 1. The molecule has 3 heterocycles. The van der Waals surface area contributed by atoms with Crippen molar-refractivity contribution in [2.45, 2.75) is 45.8 Å². The van der Waals surface area contributed by atoms with E-state index in [2.05, 4.69) is 16.8 Å². The zero-order chi connectivity index (χ0) is 25.8. The summed E-state index contributed by atoms with van der Waals surface area (Å²) < 4.78 is 13.5. The fraction of sp³-hybridized carbons (Fsp3) is 0.345. The van der Waals surface area contributed by atoms with Gasteiger partial charge in [0, 0.05) is 30.4 Å². The lowest BCUT2D eigenvalue weighted by Gasteiger charge is -2.35. The second-order valence-corrected chi connectivity index (χ2v) is 10.4.